The number of thiophene rings is 1. The molecule has 0 bridgehead atoms. The maximum Gasteiger partial charge on any atom is 0.303 e. The Labute approximate surface area is 214 Å². The van der Waals surface area contributed by atoms with Crippen LogP contribution in [0.15, 0.2) is 30.3 Å². The Hall–Kier alpha value is -2.75. The van der Waals surface area contributed by atoms with Gasteiger partial charge in [0.05, 0.1) is 25.0 Å². The van der Waals surface area contributed by atoms with E-state index in [9.17, 15) is 9.90 Å². The van der Waals surface area contributed by atoms with Crippen LogP contribution in [0.1, 0.15) is 54.9 Å². The van der Waals surface area contributed by atoms with Crippen LogP contribution >= 0.6 is 11.3 Å². The van der Waals surface area contributed by atoms with Crippen molar-refractivity contribution in [3.63, 3.8) is 0 Å². The number of carbonyl (C=O) groups is 1. The van der Waals surface area contributed by atoms with Crippen LogP contribution in [0.3, 0.4) is 0 Å². The lowest BCUT2D eigenvalue weighted by Crippen LogP contribution is -2.46. The number of rotatable bonds is 7. The average molecular weight is 509 g/mol. The molecule has 1 aromatic carbocycles. The standard InChI is InChI=1S/C27H32N4O4S/c32-22(33)16-17-6-11-21-23(17)24-25(29-27(30-26(24)36-21)28-18-4-2-1-3-5-18)35-20-9-7-19(8-10-20)31-12-14-34-15-13-31/h1-5,17,19-20H,6-16H2,(H,32,33)(H,28,29,30). The van der Waals surface area contributed by atoms with E-state index in [0.717, 1.165) is 86.3 Å². The smallest absolute Gasteiger partial charge is 0.303 e. The molecular formula is C27H32N4O4S. The number of aryl methyl sites for hydroxylation is 1. The van der Waals surface area contributed by atoms with Crippen molar-refractivity contribution in [3.05, 3.63) is 40.8 Å². The first kappa shape index (κ1) is 23.6. The summed E-state index contributed by atoms with van der Waals surface area (Å²) >= 11 is 1.65. The highest BCUT2D eigenvalue weighted by Crippen LogP contribution is 2.48. The lowest BCUT2D eigenvalue weighted by molar-refractivity contribution is -0.137. The Morgan fingerprint density at radius 3 is 2.64 bits per heavy atom. The maximum absolute atomic E-state index is 11.6. The number of para-hydroxylation sites is 1. The van der Waals surface area contributed by atoms with Crippen molar-refractivity contribution >= 4 is 39.2 Å². The van der Waals surface area contributed by atoms with Gasteiger partial charge in [0.1, 0.15) is 10.9 Å². The largest absolute Gasteiger partial charge is 0.481 e. The SMILES string of the molecule is O=C(O)CC1CCc2sc3nc(Nc4ccccc4)nc(OC4CCC(N5CCOCC5)CC4)c3c21. The normalized spacial score (nSPS) is 24.5. The van der Waals surface area contributed by atoms with Crippen molar-refractivity contribution in [1.82, 2.24) is 14.9 Å². The molecule has 0 spiro atoms. The van der Waals surface area contributed by atoms with Crippen molar-refractivity contribution in [2.45, 2.75) is 63.0 Å². The van der Waals surface area contributed by atoms with Crippen LogP contribution in [-0.2, 0) is 16.0 Å². The first-order valence-electron chi connectivity index (χ1n) is 13.0. The lowest BCUT2D eigenvalue weighted by atomic mass is 9.91. The van der Waals surface area contributed by atoms with Gasteiger partial charge in [-0.15, -0.1) is 11.3 Å². The fourth-order valence-electron chi connectivity index (χ4n) is 5.94. The molecule has 6 rings (SSSR count). The average Bonchev–Trinajstić information content (AvgIpc) is 3.45. The summed E-state index contributed by atoms with van der Waals surface area (Å²) in [5.74, 6) is 0.338. The summed E-state index contributed by atoms with van der Waals surface area (Å²) in [6.45, 7) is 3.69. The number of benzene rings is 1. The summed E-state index contributed by atoms with van der Waals surface area (Å²) < 4.78 is 12.2. The summed E-state index contributed by atoms with van der Waals surface area (Å²) in [5, 5.41) is 13.7. The summed E-state index contributed by atoms with van der Waals surface area (Å²) in [5.41, 5.74) is 2.02. The molecule has 9 heteroatoms. The molecule has 2 N–H and O–H groups in total. The van der Waals surface area contributed by atoms with Crippen molar-refractivity contribution in [2.75, 3.05) is 31.6 Å². The third-order valence-corrected chi connectivity index (χ3v) is 8.85. The highest BCUT2D eigenvalue weighted by Gasteiger charge is 2.34. The van der Waals surface area contributed by atoms with E-state index in [1.54, 1.807) is 11.3 Å². The van der Waals surface area contributed by atoms with Gasteiger partial charge in [-0.05, 0) is 62.1 Å². The number of aliphatic carboxylic acids is 1. The van der Waals surface area contributed by atoms with Gasteiger partial charge in [0.25, 0.3) is 0 Å². The molecule has 1 atom stereocenters. The minimum absolute atomic E-state index is 0.0119. The Morgan fingerprint density at radius 2 is 1.89 bits per heavy atom. The van der Waals surface area contributed by atoms with E-state index < -0.39 is 5.97 Å². The van der Waals surface area contributed by atoms with Gasteiger partial charge in [-0.25, -0.2) is 4.98 Å². The van der Waals surface area contributed by atoms with Crippen LogP contribution in [-0.4, -0.2) is 64.4 Å². The highest BCUT2D eigenvalue weighted by molar-refractivity contribution is 7.19. The van der Waals surface area contributed by atoms with Gasteiger partial charge < -0.3 is 19.9 Å². The van der Waals surface area contributed by atoms with Crippen LogP contribution in [0.4, 0.5) is 11.6 Å². The lowest BCUT2D eigenvalue weighted by Gasteiger charge is -2.38. The van der Waals surface area contributed by atoms with E-state index in [1.807, 2.05) is 30.3 Å². The highest BCUT2D eigenvalue weighted by atomic mass is 32.1. The molecule has 36 heavy (non-hydrogen) atoms. The van der Waals surface area contributed by atoms with E-state index in [4.69, 9.17) is 19.4 Å². The third-order valence-electron chi connectivity index (χ3n) is 7.70. The second-order valence-electron chi connectivity index (χ2n) is 9.99. The molecule has 0 radical (unpaired) electrons. The predicted molar refractivity (Wildman–Crippen MR) is 140 cm³/mol. The summed E-state index contributed by atoms with van der Waals surface area (Å²) in [7, 11) is 0. The van der Waals surface area contributed by atoms with Crippen molar-refractivity contribution < 1.29 is 19.4 Å². The number of carboxylic acid groups (broad SMARTS) is 1. The van der Waals surface area contributed by atoms with Crippen LogP contribution in [0.2, 0.25) is 0 Å². The summed E-state index contributed by atoms with van der Waals surface area (Å²) in [4.78, 5) is 25.9. The molecule has 3 aliphatic rings. The van der Waals surface area contributed by atoms with Gasteiger partial charge in [-0.3, -0.25) is 9.69 Å². The molecule has 2 aliphatic carbocycles. The first-order chi connectivity index (χ1) is 17.6. The van der Waals surface area contributed by atoms with Crippen molar-refractivity contribution in [1.29, 1.82) is 0 Å². The fraction of sp³-hybridized carbons (Fsp3) is 0.519. The number of carboxylic acids is 1. The Morgan fingerprint density at radius 1 is 1.11 bits per heavy atom. The summed E-state index contributed by atoms with van der Waals surface area (Å²) in [6.07, 6.45) is 6.17. The van der Waals surface area contributed by atoms with Gasteiger partial charge in [0, 0.05) is 29.7 Å². The van der Waals surface area contributed by atoms with E-state index in [2.05, 4.69) is 10.2 Å². The number of fused-ring (bicyclic) bond motifs is 3. The van der Waals surface area contributed by atoms with Crippen LogP contribution in [0, 0.1) is 0 Å². The Kier molecular flexibility index (Phi) is 6.77. The second kappa shape index (κ2) is 10.3. The quantitative estimate of drug-likeness (QED) is 0.462. The number of nitrogens with one attached hydrogen (secondary N) is 1. The second-order valence-corrected chi connectivity index (χ2v) is 11.1. The number of anilines is 2. The van der Waals surface area contributed by atoms with Crippen molar-refractivity contribution in [3.8, 4) is 5.88 Å². The van der Waals surface area contributed by atoms with Gasteiger partial charge in [0.2, 0.25) is 11.8 Å². The van der Waals surface area contributed by atoms with Gasteiger partial charge in [-0.2, -0.15) is 4.98 Å². The van der Waals surface area contributed by atoms with Gasteiger partial charge in [0.15, 0.2) is 0 Å². The van der Waals surface area contributed by atoms with E-state index in [0.29, 0.717) is 17.9 Å². The van der Waals surface area contributed by atoms with Gasteiger partial charge >= 0.3 is 5.97 Å². The Bertz CT molecular complexity index is 1220. The number of hydrogen-bond acceptors (Lipinski definition) is 8. The monoisotopic (exact) mass is 508 g/mol. The molecule has 0 amide bonds. The molecule has 2 aromatic heterocycles. The number of morpholine rings is 1. The molecule has 1 unspecified atom stereocenters. The molecule has 190 valence electrons. The van der Waals surface area contributed by atoms with Crippen LogP contribution in [0.5, 0.6) is 5.88 Å². The summed E-state index contributed by atoms with van der Waals surface area (Å²) in [6, 6.07) is 10.5. The van der Waals surface area contributed by atoms with Crippen LogP contribution in [0.25, 0.3) is 10.2 Å². The molecule has 8 nitrogen and oxygen atoms in total. The van der Waals surface area contributed by atoms with Crippen LogP contribution < -0.4 is 10.1 Å². The molecular weight excluding hydrogens is 476 g/mol. The first-order valence-corrected chi connectivity index (χ1v) is 13.8. The molecule has 3 aromatic rings. The third kappa shape index (κ3) is 4.92. The predicted octanol–water partition coefficient (Wildman–Crippen LogP) is 4.96. The Balaban J connectivity index is 1.28. The zero-order chi connectivity index (χ0) is 24.5. The molecule has 2 fully saturated rings. The topological polar surface area (TPSA) is 96.8 Å². The van der Waals surface area contributed by atoms with E-state index >= 15 is 0 Å². The minimum atomic E-state index is -0.764. The van der Waals surface area contributed by atoms with E-state index in [-0.39, 0.29) is 18.4 Å². The molecule has 3 heterocycles. The maximum atomic E-state index is 11.6. The molecule has 1 saturated heterocycles. The fourth-order valence-corrected chi connectivity index (χ4v) is 7.20. The molecule has 1 aliphatic heterocycles. The number of aromatic nitrogens is 2. The van der Waals surface area contributed by atoms with Gasteiger partial charge in [-0.1, -0.05) is 18.2 Å². The number of hydrogen-bond donors (Lipinski definition) is 2. The minimum Gasteiger partial charge on any atom is -0.481 e. The zero-order valence-electron chi connectivity index (χ0n) is 20.3. The van der Waals surface area contributed by atoms with E-state index in [1.165, 1.54) is 4.88 Å². The van der Waals surface area contributed by atoms with Crippen molar-refractivity contribution in [2.24, 2.45) is 0 Å². The number of ether oxygens (including phenoxy) is 2. The number of nitrogens with zero attached hydrogens (tertiary/aromatic N) is 3. The zero-order valence-corrected chi connectivity index (χ0v) is 21.1. The molecule has 1 saturated carbocycles.